The zero-order valence-corrected chi connectivity index (χ0v) is 17.6. The Morgan fingerprint density at radius 2 is 1.94 bits per heavy atom. The van der Waals surface area contributed by atoms with Crippen LogP contribution in [0.1, 0.15) is 11.1 Å². The van der Waals surface area contributed by atoms with Gasteiger partial charge in [-0.05, 0) is 35.9 Å². The van der Waals surface area contributed by atoms with Gasteiger partial charge in [0.1, 0.15) is 12.4 Å². The number of ether oxygens (including phenoxy) is 2. The predicted molar refractivity (Wildman–Crippen MR) is 121 cm³/mol. The van der Waals surface area contributed by atoms with Gasteiger partial charge < -0.3 is 14.5 Å². The maximum Gasteiger partial charge on any atom is 0.349 e. The van der Waals surface area contributed by atoms with Crippen LogP contribution in [0.25, 0.3) is 10.9 Å². The Morgan fingerprint density at radius 3 is 2.72 bits per heavy atom. The first-order chi connectivity index (χ1) is 15.5. The van der Waals surface area contributed by atoms with Crippen LogP contribution in [0.4, 0.5) is 4.39 Å². The smallest absolute Gasteiger partial charge is 0.349 e. The second-order valence-corrected chi connectivity index (χ2v) is 7.22. The summed E-state index contributed by atoms with van der Waals surface area (Å²) in [5, 5.41) is 4.70. The highest BCUT2D eigenvalue weighted by atomic mass is 35.5. The Kier molecular flexibility index (Phi) is 6.04. The van der Waals surface area contributed by atoms with Crippen LogP contribution in [-0.2, 0) is 6.61 Å². The molecule has 4 rings (SSSR count). The summed E-state index contributed by atoms with van der Waals surface area (Å²) in [4.78, 5) is 27.7. The minimum Gasteiger partial charge on any atom is -0.493 e. The van der Waals surface area contributed by atoms with Gasteiger partial charge in [-0.15, -0.1) is 4.68 Å². The van der Waals surface area contributed by atoms with Gasteiger partial charge in [-0.1, -0.05) is 35.9 Å². The van der Waals surface area contributed by atoms with Crippen molar-refractivity contribution in [2.75, 3.05) is 7.11 Å². The molecule has 1 heterocycles. The Balaban J connectivity index is 1.74. The number of aromatic amines is 1. The maximum atomic E-state index is 13.5. The number of hydrogen-bond donors (Lipinski definition) is 1. The van der Waals surface area contributed by atoms with E-state index in [1.165, 1.54) is 25.5 Å². The summed E-state index contributed by atoms with van der Waals surface area (Å²) in [5.74, 6) is 0.205. The third-order valence-corrected chi connectivity index (χ3v) is 4.85. The number of rotatable bonds is 6. The van der Waals surface area contributed by atoms with Gasteiger partial charge in [0, 0.05) is 16.7 Å². The number of H-pyrrole nitrogens is 1. The molecule has 0 aliphatic carbocycles. The monoisotopic (exact) mass is 453 g/mol. The van der Waals surface area contributed by atoms with E-state index in [2.05, 4.69) is 10.1 Å². The molecule has 1 aromatic heterocycles. The number of nitrogens with one attached hydrogen (secondary N) is 1. The van der Waals surface area contributed by atoms with Crippen molar-refractivity contribution in [2.24, 2.45) is 5.10 Å². The van der Waals surface area contributed by atoms with Crippen molar-refractivity contribution in [1.29, 1.82) is 0 Å². The molecule has 162 valence electrons. The summed E-state index contributed by atoms with van der Waals surface area (Å²) >= 11 is 6.18. The van der Waals surface area contributed by atoms with E-state index < -0.39 is 11.2 Å². The van der Waals surface area contributed by atoms with Crippen molar-refractivity contribution >= 4 is 28.7 Å². The molecule has 0 saturated carbocycles. The topological polar surface area (TPSA) is 85.7 Å². The van der Waals surface area contributed by atoms with Crippen LogP contribution in [0, 0.1) is 5.82 Å². The van der Waals surface area contributed by atoms with Crippen molar-refractivity contribution in [3.63, 3.8) is 0 Å². The van der Waals surface area contributed by atoms with Crippen LogP contribution in [0.5, 0.6) is 11.5 Å². The first-order valence-corrected chi connectivity index (χ1v) is 9.87. The molecule has 0 amide bonds. The highest BCUT2D eigenvalue weighted by Crippen LogP contribution is 2.34. The molecule has 0 unspecified atom stereocenters. The summed E-state index contributed by atoms with van der Waals surface area (Å²) in [6.45, 7) is 0.0487. The average Bonchev–Trinajstić information content (AvgIpc) is 2.78. The highest BCUT2D eigenvalue weighted by molar-refractivity contribution is 6.31. The van der Waals surface area contributed by atoms with Gasteiger partial charge in [0.2, 0.25) is 0 Å². The number of aromatic nitrogens is 2. The number of nitrogens with zero attached hydrogens (tertiary/aromatic N) is 2. The first kappa shape index (κ1) is 21.3. The van der Waals surface area contributed by atoms with Crippen LogP contribution in [-0.4, -0.2) is 23.0 Å². The largest absolute Gasteiger partial charge is 0.493 e. The lowest BCUT2D eigenvalue weighted by atomic mass is 10.2. The van der Waals surface area contributed by atoms with Gasteiger partial charge in [0.15, 0.2) is 11.5 Å². The van der Waals surface area contributed by atoms with Crippen LogP contribution >= 0.6 is 11.6 Å². The fourth-order valence-electron chi connectivity index (χ4n) is 3.15. The normalized spacial score (nSPS) is 11.2. The van der Waals surface area contributed by atoms with Crippen molar-refractivity contribution in [3.8, 4) is 11.5 Å². The fourth-order valence-corrected chi connectivity index (χ4v) is 3.37. The summed E-state index contributed by atoms with van der Waals surface area (Å²) in [7, 11) is 1.44. The SMILES string of the molecule is COc1cc(Cl)cc(C=Nn2c(=O)[nH]c3ccccc3c2=O)c1OCc1cccc(F)c1. The molecule has 1 N–H and O–H groups in total. The standard InChI is InChI=1S/C23H17ClFN3O4/c1-31-20-11-16(24)10-15(21(20)32-13-14-5-4-6-17(25)9-14)12-26-28-22(29)18-7-2-3-8-19(18)27-23(28)30/h2-12H,13H2,1H3,(H,27,30). The Bertz CT molecular complexity index is 1450. The van der Waals surface area contributed by atoms with E-state index in [9.17, 15) is 14.0 Å². The number of fused-ring (bicyclic) bond motifs is 1. The highest BCUT2D eigenvalue weighted by Gasteiger charge is 2.13. The van der Waals surface area contributed by atoms with E-state index in [0.29, 0.717) is 37.5 Å². The predicted octanol–water partition coefficient (Wildman–Crippen LogP) is 3.95. The molecule has 0 spiro atoms. The van der Waals surface area contributed by atoms with Gasteiger partial charge >= 0.3 is 5.69 Å². The Hall–Kier alpha value is -3.91. The maximum absolute atomic E-state index is 13.5. The van der Waals surface area contributed by atoms with Crippen molar-refractivity contribution in [1.82, 2.24) is 9.66 Å². The second-order valence-electron chi connectivity index (χ2n) is 6.78. The number of para-hydroxylation sites is 1. The average molecular weight is 454 g/mol. The number of halogens is 2. The Labute approximate surface area is 186 Å². The van der Waals surface area contributed by atoms with Crippen molar-refractivity contribution < 1.29 is 13.9 Å². The molecular formula is C23H17ClFN3O4. The molecule has 0 atom stereocenters. The zero-order chi connectivity index (χ0) is 22.7. The van der Waals surface area contributed by atoms with Crippen LogP contribution in [0.15, 0.2) is 75.4 Å². The summed E-state index contributed by atoms with van der Waals surface area (Å²) < 4.78 is 25.4. The van der Waals surface area contributed by atoms with Crippen molar-refractivity contribution in [2.45, 2.75) is 6.61 Å². The van der Waals surface area contributed by atoms with E-state index in [1.54, 1.807) is 48.5 Å². The van der Waals surface area contributed by atoms with Crippen LogP contribution < -0.4 is 20.7 Å². The third kappa shape index (κ3) is 4.40. The molecule has 0 aliphatic rings. The quantitative estimate of drug-likeness (QED) is 0.448. The van der Waals surface area contributed by atoms with Gasteiger partial charge in [0.25, 0.3) is 5.56 Å². The zero-order valence-electron chi connectivity index (χ0n) is 16.8. The lowest BCUT2D eigenvalue weighted by Crippen LogP contribution is -2.32. The second kappa shape index (κ2) is 9.07. The van der Waals surface area contributed by atoms with Crippen LogP contribution in [0.3, 0.4) is 0 Å². The minimum atomic E-state index is -0.693. The van der Waals surface area contributed by atoms with Gasteiger partial charge in [-0.3, -0.25) is 4.79 Å². The fraction of sp³-hybridized carbons (Fsp3) is 0.0870. The molecule has 32 heavy (non-hydrogen) atoms. The number of benzene rings is 3. The Morgan fingerprint density at radius 1 is 1.12 bits per heavy atom. The van der Waals surface area contributed by atoms with Gasteiger partial charge in [-0.25, -0.2) is 9.18 Å². The third-order valence-electron chi connectivity index (χ3n) is 4.64. The molecule has 7 nitrogen and oxygen atoms in total. The molecule has 0 aliphatic heterocycles. The molecule has 0 fully saturated rings. The summed E-state index contributed by atoms with van der Waals surface area (Å²) in [6.07, 6.45) is 1.28. The molecule has 0 radical (unpaired) electrons. The van der Waals surface area contributed by atoms with Gasteiger partial charge in [-0.2, -0.15) is 5.10 Å². The van der Waals surface area contributed by atoms with Gasteiger partial charge in [0.05, 0.1) is 24.2 Å². The van der Waals surface area contributed by atoms with E-state index in [-0.39, 0.29) is 18.2 Å². The van der Waals surface area contributed by atoms with E-state index in [1.807, 2.05) is 0 Å². The van der Waals surface area contributed by atoms with Crippen molar-refractivity contribution in [3.05, 3.63) is 103 Å². The van der Waals surface area contributed by atoms with Crippen LogP contribution in [0.2, 0.25) is 5.02 Å². The van der Waals surface area contributed by atoms with E-state index in [4.69, 9.17) is 21.1 Å². The van der Waals surface area contributed by atoms with E-state index in [0.717, 1.165) is 0 Å². The lowest BCUT2D eigenvalue weighted by molar-refractivity contribution is 0.283. The molecule has 3 aromatic carbocycles. The lowest BCUT2D eigenvalue weighted by Gasteiger charge is -2.14. The molecule has 4 aromatic rings. The molecule has 0 bridgehead atoms. The number of hydrogen-bond acceptors (Lipinski definition) is 5. The molecule has 0 saturated heterocycles. The number of methoxy groups -OCH3 is 1. The molecule has 9 heteroatoms. The minimum absolute atomic E-state index is 0.0487. The van der Waals surface area contributed by atoms with E-state index >= 15 is 0 Å². The summed E-state index contributed by atoms with van der Waals surface area (Å²) in [6, 6.07) is 15.7. The molecular weight excluding hydrogens is 437 g/mol. The first-order valence-electron chi connectivity index (χ1n) is 9.49. The summed E-state index contributed by atoms with van der Waals surface area (Å²) in [5.41, 5.74) is 0.118.